The van der Waals surface area contributed by atoms with Gasteiger partial charge in [-0.3, -0.25) is 9.89 Å². The molecule has 1 heterocycles. The van der Waals surface area contributed by atoms with Crippen LogP contribution in [0.5, 0.6) is 0 Å². The molecule has 0 bridgehead atoms. The first-order valence-corrected chi connectivity index (χ1v) is 8.35. The van der Waals surface area contributed by atoms with Crippen molar-refractivity contribution in [3.05, 3.63) is 0 Å². The Morgan fingerprint density at radius 1 is 1.10 bits per heavy atom. The number of rotatable bonds is 8. The first kappa shape index (κ1) is 17.3. The second-order valence-corrected chi connectivity index (χ2v) is 6.48. The van der Waals surface area contributed by atoms with Gasteiger partial charge in [0.1, 0.15) is 0 Å². The van der Waals surface area contributed by atoms with E-state index in [0.717, 1.165) is 25.9 Å². The van der Waals surface area contributed by atoms with Gasteiger partial charge < -0.3 is 11.5 Å². The van der Waals surface area contributed by atoms with Crippen molar-refractivity contribution >= 4 is 5.96 Å². The number of nitrogens with zero attached hydrogens (tertiary/aromatic N) is 2. The summed E-state index contributed by atoms with van der Waals surface area (Å²) in [6.07, 6.45) is 10.1. The lowest BCUT2D eigenvalue weighted by molar-refractivity contribution is 0.0574. The third-order valence-electron chi connectivity index (χ3n) is 4.67. The first-order chi connectivity index (χ1) is 9.51. The standard InChI is InChI=1S/C16H34N4/c1-4-6-7-11-16(3,10-5-2)20-12-8-14(9-13-20)19-15(17)18/h14H,4-13H2,1-3H3,(H4,17,18,19). The molecule has 1 rings (SSSR count). The molecule has 0 radical (unpaired) electrons. The van der Waals surface area contributed by atoms with Gasteiger partial charge in [0, 0.05) is 18.6 Å². The number of nitrogens with two attached hydrogens (primary N) is 2. The van der Waals surface area contributed by atoms with Gasteiger partial charge in [0.25, 0.3) is 0 Å². The number of unbranched alkanes of at least 4 members (excludes halogenated alkanes) is 2. The van der Waals surface area contributed by atoms with E-state index >= 15 is 0 Å². The first-order valence-electron chi connectivity index (χ1n) is 8.35. The van der Waals surface area contributed by atoms with Gasteiger partial charge in [-0.25, -0.2) is 0 Å². The predicted molar refractivity (Wildman–Crippen MR) is 87.9 cm³/mol. The van der Waals surface area contributed by atoms with Crippen LogP contribution >= 0.6 is 0 Å². The molecule has 0 saturated carbocycles. The molecule has 20 heavy (non-hydrogen) atoms. The quantitative estimate of drug-likeness (QED) is 0.409. The van der Waals surface area contributed by atoms with Crippen LogP contribution in [0.4, 0.5) is 0 Å². The molecule has 1 fully saturated rings. The Labute approximate surface area is 125 Å². The van der Waals surface area contributed by atoms with Crippen LogP contribution < -0.4 is 11.5 Å². The van der Waals surface area contributed by atoms with E-state index in [1.54, 1.807) is 0 Å². The third kappa shape index (κ3) is 5.31. The summed E-state index contributed by atoms with van der Waals surface area (Å²) in [5.41, 5.74) is 11.3. The topological polar surface area (TPSA) is 67.6 Å². The van der Waals surface area contributed by atoms with E-state index in [4.69, 9.17) is 11.5 Å². The van der Waals surface area contributed by atoms with Crippen LogP contribution in [-0.2, 0) is 0 Å². The van der Waals surface area contributed by atoms with Gasteiger partial charge in [0.15, 0.2) is 5.96 Å². The molecule has 4 nitrogen and oxygen atoms in total. The van der Waals surface area contributed by atoms with Crippen LogP contribution in [0, 0.1) is 0 Å². The highest BCUT2D eigenvalue weighted by molar-refractivity contribution is 5.75. The van der Waals surface area contributed by atoms with Gasteiger partial charge in [-0.2, -0.15) is 0 Å². The van der Waals surface area contributed by atoms with Crippen molar-refractivity contribution in [2.24, 2.45) is 16.5 Å². The lowest BCUT2D eigenvalue weighted by Crippen LogP contribution is -2.51. The maximum absolute atomic E-state index is 5.49. The molecular weight excluding hydrogens is 248 g/mol. The summed E-state index contributed by atoms with van der Waals surface area (Å²) in [6, 6.07) is 0.331. The molecule has 0 amide bonds. The summed E-state index contributed by atoms with van der Waals surface area (Å²) in [7, 11) is 0. The second-order valence-electron chi connectivity index (χ2n) is 6.48. The minimum absolute atomic E-state index is 0.239. The molecule has 0 aromatic rings. The van der Waals surface area contributed by atoms with E-state index in [-0.39, 0.29) is 5.96 Å². The third-order valence-corrected chi connectivity index (χ3v) is 4.67. The van der Waals surface area contributed by atoms with Crippen LogP contribution in [0.15, 0.2) is 4.99 Å². The number of guanidine groups is 1. The predicted octanol–water partition coefficient (Wildman–Crippen LogP) is 2.86. The molecule has 4 N–H and O–H groups in total. The molecule has 0 spiro atoms. The largest absolute Gasteiger partial charge is 0.370 e. The van der Waals surface area contributed by atoms with E-state index in [0.29, 0.717) is 11.6 Å². The summed E-state index contributed by atoms with van der Waals surface area (Å²) in [4.78, 5) is 7.01. The van der Waals surface area contributed by atoms with Crippen LogP contribution in [0.1, 0.15) is 72.1 Å². The molecule has 0 aliphatic carbocycles. The van der Waals surface area contributed by atoms with Crippen molar-refractivity contribution in [1.82, 2.24) is 4.90 Å². The zero-order valence-electron chi connectivity index (χ0n) is 13.7. The SMILES string of the molecule is CCCCCC(C)(CCC)N1CCC(N=C(N)N)CC1. The van der Waals surface area contributed by atoms with E-state index in [2.05, 4.69) is 30.7 Å². The van der Waals surface area contributed by atoms with Crippen molar-refractivity contribution < 1.29 is 0 Å². The highest BCUT2D eigenvalue weighted by atomic mass is 15.2. The van der Waals surface area contributed by atoms with Gasteiger partial charge in [0.05, 0.1) is 6.04 Å². The number of hydrogen-bond acceptors (Lipinski definition) is 2. The van der Waals surface area contributed by atoms with Crippen molar-refractivity contribution in [2.75, 3.05) is 13.1 Å². The Kier molecular flexibility index (Phi) is 7.35. The highest BCUT2D eigenvalue weighted by Crippen LogP contribution is 2.31. The summed E-state index contributed by atoms with van der Waals surface area (Å²) >= 11 is 0. The Morgan fingerprint density at radius 2 is 1.75 bits per heavy atom. The molecule has 1 saturated heterocycles. The fourth-order valence-electron chi connectivity index (χ4n) is 3.48. The van der Waals surface area contributed by atoms with Crippen LogP contribution in [-0.4, -0.2) is 35.5 Å². The van der Waals surface area contributed by atoms with Crippen LogP contribution in [0.25, 0.3) is 0 Å². The van der Waals surface area contributed by atoms with Gasteiger partial charge in [-0.15, -0.1) is 0 Å². The van der Waals surface area contributed by atoms with E-state index in [9.17, 15) is 0 Å². The summed E-state index contributed by atoms with van der Waals surface area (Å²) < 4.78 is 0. The van der Waals surface area contributed by atoms with E-state index < -0.39 is 0 Å². The van der Waals surface area contributed by atoms with E-state index in [1.807, 2.05) is 0 Å². The molecule has 0 aromatic carbocycles. The van der Waals surface area contributed by atoms with Crippen molar-refractivity contribution in [3.8, 4) is 0 Å². The number of piperidine rings is 1. The summed E-state index contributed by atoms with van der Waals surface area (Å²) in [5, 5.41) is 0. The number of aliphatic imine (C=N–C) groups is 1. The molecular formula is C16H34N4. The molecule has 1 aliphatic heterocycles. The molecule has 4 heteroatoms. The lowest BCUT2D eigenvalue weighted by Gasteiger charge is -2.45. The monoisotopic (exact) mass is 282 g/mol. The Hall–Kier alpha value is -0.770. The van der Waals surface area contributed by atoms with Gasteiger partial charge in [-0.05, 0) is 32.6 Å². The van der Waals surface area contributed by atoms with E-state index in [1.165, 1.54) is 38.5 Å². The molecule has 1 atom stereocenters. The maximum Gasteiger partial charge on any atom is 0.186 e. The molecule has 1 aliphatic rings. The highest BCUT2D eigenvalue weighted by Gasteiger charge is 2.33. The minimum Gasteiger partial charge on any atom is -0.370 e. The number of hydrogen-bond donors (Lipinski definition) is 2. The maximum atomic E-state index is 5.49. The Morgan fingerprint density at radius 3 is 2.25 bits per heavy atom. The minimum atomic E-state index is 0.239. The summed E-state index contributed by atoms with van der Waals surface area (Å²) in [6.45, 7) is 9.28. The van der Waals surface area contributed by atoms with Gasteiger partial charge >= 0.3 is 0 Å². The molecule has 1 unspecified atom stereocenters. The van der Waals surface area contributed by atoms with Crippen molar-refractivity contribution in [1.29, 1.82) is 0 Å². The average Bonchev–Trinajstić information content (AvgIpc) is 2.39. The van der Waals surface area contributed by atoms with Gasteiger partial charge in [0.2, 0.25) is 0 Å². The molecule has 118 valence electrons. The Balaban J connectivity index is 2.54. The molecule has 0 aromatic heterocycles. The fourth-order valence-corrected chi connectivity index (χ4v) is 3.48. The Bertz CT molecular complexity index is 291. The summed E-state index contributed by atoms with van der Waals surface area (Å²) in [5.74, 6) is 0.239. The number of likely N-dealkylation sites (tertiary alicyclic amines) is 1. The van der Waals surface area contributed by atoms with Crippen LogP contribution in [0.3, 0.4) is 0 Å². The smallest absolute Gasteiger partial charge is 0.186 e. The lowest BCUT2D eigenvalue weighted by atomic mass is 9.85. The van der Waals surface area contributed by atoms with Crippen molar-refractivity contribution in [2.45, 2.75) is 83.7 Å². The van der Waals surface area contributed by atoms with Crippen molar-refractivity contribution in [3.63, 3.8) is 0 Å². The second kappa shape index (κ2) is 8.50. The van der Waals surface area contributed by atoms with Gasteiger partial charge in [-0.1, -0.05) is 39.5 Å². The fraction of sp³-hybridized carbons (Fsp3) is 0.938. The zero-order chi connectivity index (χ0) is 15.0. The normalized spacial score (nSPS) is 20.6. The average molecular weight is 282 g/mol. The van der Waals surface area contributed by atoms with Crippen LogP contribution in [0.2, 0.25) is 0 Å². The zero-order valence-corrected chi connectivity index (χ0v) is 13.7.